The lowest BCUT2D eigenvalue weighted by Gasteiger charge is -2.25. The number of rotatable bonds is 4. The van der Waals surface area contributed by atoms with Gasteiger partial charge in [-0.2, -0.15) is 0 Å². The summed E-state index contributed by atoms with van der Waals surface area (Å²) in [6.45, 7) is 3.00. The molecular weight excluding hydrogens is 286 g/mol. The molecule has 1 amide bonds. The third-order valence-corrected chi connectivity index (χ3v) is 5.16. The molecule has 0 saturated heterocycles. The molecule has 1 N–H and O–H groups in total. The summed E-state index contributed by atoms with van der Waals surface area (Å²) in [6.07, 6.45) is 1.73. The van der Waals surface area contributed by atoms with E-state index < -0.39 is 10.8 Å². The second-order valence-corrected chi connectivity index (χ2v) is 6.72. The van der Waals surface area contributed by atoms with Gasteiger partial charge in [-0.1, -0.05) is 18.2 Å². The lowest BCUT2D eigenvalue weighted by molar-refractivity contribution is -0.120. The second kappa shape index (κ2) is 6.80. The van der Waals surface area contributed by atoms with Gasteiger partial charge in [0.25, 0.3) is 0 Å². The molecule has 0 heterocycles. The van der Waals surface area contributed by atoms with Crippen LogP contribution >= 0.6 is 0 Å². The largest absolute Gasteiger partial charge is 0.329 e. The molecule has 1 aromatic carbocycles. The zero-order chi connectivity index (χ0) is 15.4. The second-order valence-electron chi connectivity index (χ2n) is 5.22. The van der Waals surface area contributed by atoms with Gasteiger partial charge in [0, 0.05) is 28.3 Å². The van der Waals surface area contributed by atoms with E-state index in [4.69, 9.17) is 0 Å². The third kappa shape index (κ3) is 3.88. The zero-order valence-corrected chi connectivity index (χ0v) is 13.0. The van der Waals surface area contributed by atoms with Crippen LogP contribution in [0.15, 0.2) is 45.8 Å². The molecule has 0 bridgehead atoms. The normalized spacial score (nSPS) is 20.0. The zero-order valence-electron chi connectivity index (χ0n) is 12.2. The summed E-state index contributed by atoms with van der Waals surface area (Å²) in [5.41, 5.74) is 0.710. The summed E-state index contributed by atoms with van der Waals surface area (Å²) in [5.74, 6) is -0.168. The van der Waals surface area contributed by atoms with Crippen molar-refractivity contribution >= 4 is 22.5 Å². The first-order valence-electron chi connectivity index (χ1n) is 6.96. The predicted octanol–water partition coefficient (Wildman–Crippen LogP) is 2.53. The van der Waals surface area contributed by atoms with Crippen LogP contribution in [-0.2, 0) is 20.4 Å². The van der Waals surface area contributed by atoms with Gasteiger partial charge in [-0.05, 0) is 38.3 Å². The molecule has 0 radical (unpaired) electrons. The summed E-state index contributed by atoms with van der Waals surface area (Å²) in [4.78, 5) is 24.3. The Bertz CT molecular complexity index is 607. The number of ketones is 1. The highest BCUT2D eigenvalue weighted by Gasteiger charge is 2.28. The van der Waals surface area contributed by atoms with Crippen molar-refractivity contribution in [2.75, 3.05) is 0 Å². The van der Waals surface area contributed by atoms with Crippen molar-refractivity contribution < 1.29 is 13.8 Å². The molecule has 0 fully saturated rings. The minimum Gasteiger partial charge on any atom is -0.329 e. The molecule has 0 saturated carbocycles. The molecule has 4 nitrogen and oxygen atoms in total. The van der Waals surface area contributed by atoms with E-state index >= 15 is 0 Å². The van der Waals surface area contributed by atoms with E-state index in [9.17, 15) is 13.8 Å². The van der Waals surface area contributed by atoms with Gasteiger partial charge in [-0.25, -0.2) is 4.21 Å². The van der Waals surface area contributed by atoms with Crippen molar-refractivity contribution in [2.24, 2.45) is 5.92 Å². The van der Waals surface area contributed by atoms with E-state index in [0.29, 0.717) is 34.8 Å². The Morgan fingerprint density at radius 3 is 2.43 bits per heavy atom. The van der Waals surface area contributed by atoms with Gasteiger partial charge in [0.15, 0.2) is 0 Å². The Hall–Kier alpha value is -1.75. The lowest BCUT2D eigenvalue weighted by atomic mass is 9.89. The Morgan fingerprint density at radius 2 is 1.86 bits per heavy atom. The topological polar surface area (TPSA) is 63.2 Å². The van der Waals surface area contributed by atoms with Gasteiger partial charge in [0.05, 0.1) is 10.8 Å². The van der Waals surface area contributed by atoms with Crippen molar-refractivity contribution in [1.29, 1.82) is 0 Å². The Kier molecular flexibility index (Phi) is 5.07. The average Bonchev–Trinajstić information content (AvgIpc) is 2.47. The first kappa shape index (κ1) is 15.6. The highest BCUT2D eigenvalue weighted by molar-refractivity contribution is 7.89. The summed E-state index contributed by atoms with van der Waals surface area (Å²) in [7, 11) is -1.34. The van der Waals surface area contributed by atoms with Crippen LogP contribution in [0.25, 0.3) is 0 Å². The summed E-state index contributed by atoms with van der Waals surface area (Å²) in [6, 6.07) is 9.12. The van der Waals surface area contributed by atoms with E-state index in [1.165, 1.54) is 6.92 Å². The summed E-state index contributed by atoms with van der Waals surface area (Å²) in [5, 5.41) is 2.78. The minimum atomic E-state index is -1.34. The molecule has 5 heteroatoms. The van der Waals surface area contributed by atoms with Crippen LogP contribution in [0, 0.1) is 5.92 Å². The number of nitrogens with one attached hydrogen (secondary N) is 1. The Balaban J connectivity index is 2.36. The number of benzene rings is 1. The fourth-order valence-electron chi connectivity index (χ4n) is 2.47. The minimum absolute atomic E-state index is 0.106. The van der Waals surface area contributed by atoms with E-state index in [1.54, 1.807) is 19.1 Å². The van der Waals surface area contributed by atoms with Gasteiger partial charge < -0.3 is 5.32 Å². The SMILES string of the molecule is CC(=O)NC1=C(S(=O)c2ccccc2)CC(C(C)=O)CC1. The van der Waals surface area contributed by atoms with E-state index in [0.717, 1.165) is 0 Å². The molecule has 0 aromatic heterocycles. The van der Waals surface area contributed by atoms with Crippen LogP contribution in [-0.4, -0.2) is 15.9 Å². The third-order valence-electron chi connectivity index (χ3n) is 3.59. The molecule has 1 aromatic rings. The van der Waals surface area contributed by atoms with Crippen LogP contribution in [0.2, 0.25) is 0 Å². The number of hydrogen-bond donors (Lipinski definition) is 1. The number of carbonyl (C=O) groups excluding carboxylic acids is 2. The molecule has 2 rings (SSSR count). The lowest BCUT2D eigenvalue weighted by Crippen LogP contribution is -2.28. The van der Waals surface area contributed by atoms with E-state index in [-0.39, 0.29) is 17.6 Å². The first-order chi connectivity index (χ1) is 9.99. The Labute approximate surface area is 127 Å². The maximum atomic E-state index is 12.8. The standard InChI is InChI=1S/C16H19NO3S/c1-11(18)13-8-9-15(17-12(2)19)16(10-13)21(20)14-6-4-3-5-7-14/h3-7,13H,8-10H2,1-2H3,(H,17,19). The number of hydrogen-bond acceptors (Lipinski definition) is 3. The highest BCUT2D eigenvalue weighted by atomic mass is 32.2. The summed E-state index contributed by atoms with van der Waals surface area (Å²) < 4.78 is 12.8. The quantitative estimate of drug-likeness (QED) is 0.929. The van der Waals surface area contributed by atoms with Crippen LogP contribution in [0.5, 0.6) is 0 Å². The van der Waals surface area contributed by atoms with Crippen molar-refractivity contribution in [3.05, 3.63) is 40.9 Å². The smallest absolute Gasteiger partial charge is 0.221 e. The molecule has 1 aliphatic rings. The maximum Gasteiger partial charge on any atom is 0.221 e. The predicted molar refractivity (Wildman–Crippen MR) is 81.7 cm³/mol. The molecule has 0 spiro atoms. The monoisotopic (exact) mass is 305 g/mol. The molecule has 2 unspecified atom stereocenters. The molecule has 2 atom stereocenters. The molecule has 1 aliphatic carbocycles. The van der Waals surface area contributed by atoms with E-state index in [2.05, 4.69) is 5.32 Å². The van der Waals surface area contributed by atoms with Crippen LogP contribution in [0.1, 0.15) is 33.1 Å². The number of allylic oxidation sites excluding steroid dienone is 2. The van der Waals surface area contributed by atoms with Crippen molar-refractivity contribution in [3.8, 4) is 0 Å². The van der Waals surface area contributed by atoms with Crippen LogP contribution < -0.4 is 5.32 Å². The van der Waals surface area contributed by atoms with Gasteiger partial charge in [0.2, 0.25) is 5.91 Å². The van der Waals surface area contributed by atoms with E-state index in [1.807, 2.05) is 18.2 Å². The Morgan fingerprint density at radius 1 is 1.19 bits per heavy atom. The van der Waals surface area contributed by atoms with Crippen molar-refractivity contribution in [1.82, 2.24) is 5.32 Å². The van der Waals surface area contributed by atoms with Gasteiger partial charge in [-0.15, -0.1) is 0 Å². The van der Waals surface area contributed by atoms with Crippen molar-refractivity contribution in [2.45, 2.75) is 38.0 Å². The number of amides is 1. The number of Topliss-reactive ketones (excluding diaryl/α,β-unsaturated/α-hetero) is 1. The van der Waals surface area contributed by atoms with Gasteiger partial charge in [-0.3, -0.25) is 9.59 Å². The molecular formula is C16H19NO3S. The first-order valence-corrected chi connectivity index (χ1v) is 8.11. The van der Waals surface area contributed by atoms with Gasteiger partial charge >= 0.3 is 0 Å². The number of carbonyl (C=O) groups is 2. The van der Waals surface area contributed by atoms with Crippen LogP contribution in [0.4, 0.5) is 0 Å². The fourth-order valence-corrected chi connectivity index (χ4v) is 3.89. The average molecular weight is 305 g/mol. The molecule has 112 valence electrons. The van der Waals surface area contributed by atoms with Gasteiger partial charge in [0.1, 0.15) is 5.78 Å². The highest BCUT2D eigenvalue weighted by Crippen LogP contribution is 2.33. The molecule has 21 heavy (non-hydrogen) atoms. The fraction of sp³-hybridized carbons (Fsp3) is 0.375. The van der Waals surface area contributed by atoms with Crippen molar-refractivity contribution in [3.63, 3.8) is 0 Å². The molecule has 0 aliphatic heterocycles. The summed E-state index contributed by atoms with van der Waals surface area (Å²) >= 11 is 0. The maximum absolute atomic E-state index is 12.8. The van der Waals surface area contributed by atoms with Crippen LogP contribution in [0.3, 0.4) is 0 Å².